The zero-order valence-corrected chi connectivity index (χ0v) is 20.4. The molecule has 1 heterocycles. The molecule has 0 spiro atoms. The molecule has 0 aliphatic carbocycles. The Morgan fingerprint density at radius 2 is 2.00 bits per heavy atom. The van der Waals surface area contributed by atoms with Crippen LogP contribution in [0.1, 0.15) is 45.4 Å². The first kappa shape index (κ1) is 26.0. The Hall–Kier alpha value is -2.07. The second kappa shape index (κ2) is 12.6. The molecule has 7 nitrogen and oxygen atoms in total. The van der Waals surface area contributed by atoms with Crippen molar-refractivity contribution in [2.24, 2.45) is 10.9 Å². The summed E-state index contributed by atoms with van der Waals surface area (Å²) < 4.78 is 5.30. The van der Waals surface area contributed by atoms with Gasteiger partial charge in [-0.05, 0) is 50.1 Å². The number of nitrogens with zero attached hydrogens (tertiary/aromatic N) is 1. The van der Waals surface area contributed by atoms with E-state index in [0.717, 1.165) is 17.7 Å². The predicted molar refractivity (Wildman–Crippen MR) is 131 cm³/mol. The largest absolute Gasteiger partial charge is 0.466 e. The molecule has 0 aliphatic heterocycles. The van der Waals surface area contributed by atoms with Crippen LogP contribution in [-0.4, -0.2) is 30.1 Å². The molecule has 1 aromatic carbocycles. The van der Waals surface area contributed by atoms with Gasteiger partial charge in [0, 0.05) is 18.2 Å². The lowest BCUT2D eigenvalue weighted by molar-refractivity contribution is -0.119. The summed E-state index contributed by atoms with van der Waals surface area (Å²) in [5.74, 6) is 1.07. The Kier molecular flexibility index (Phi) is 10.9. The lowest BCUT2D eigenvalue weighted by atomic mass is 10.0. The molecule has 0 saturated heterocycles. The fraction of sp³-hybridized carbons (Fsp3) is 0.455. The number of furan rings is 1. The van der Waals surface area contributed by atoms with Crippen LogP contribution in [0.2, 0.25) is 0 Å². The quantitative estimate of drug-likeness (QED) is 0.225. The van der Waals surface area contributed by atoms with Gasteiger partial charge in [-0.15, -0.1) is 24.0 Å². The molecule has 8 heteroatoms. The summed E-state index contributed by atoms with van der Waals surface area (Å²) in [6, 6.07) is 11.1. The maximum absolute atomic E-state index is 12.1. The van der Waals surface area contributed by atoms with Crippen LogP contribution < -0.4 is 16.0 Å². The van der Waals surface area contributed by atoms with Crippen molar-refractivity contribution in [2.45, 2.75) is 46.3 Å². The molecule has 2 unspecified atom stereocenters. The van der Waals surface area contributed by atoms with Crippen LogP contribution in [0.3, 0.4) is 0 Å². The average Bonchev–Trinajstić information content (AvgIpc) is 3.25. The van der Waals surface area contributed by atoms with E-state index in [-0.39, 0.29) is 42.3 Å². The Labute approximate surface area is 195 Å². The molecule has 2 rings (SSSR count). The summed E-state index contributed by atoms with van der Waals surface area (Å²) in [6.07, 6.45) is 2.34. The summed E-state index contributed by atoms with van der Waals surface area (Å²) in [4.78, 5) is 16.7. The van der Waals surface area contributed by atoms with E-state index in [4.69, 9.17) is 4.42 Å². The van der Waals surface area contributed by atoms with Crippen LogP contribution in [0.5, 0.6) is 0 Å². The summed E-state index contributed by atoms with van der Waals surface area (Å²) in [5.41, 5.74) is 0.587. The minimum atomic E-state index is -1.15. The van der Waals surface area contributed by atoms with Gasteiger partial charge >= 0.3 is 0 Å². The molecule has 30 heavy (non-hydrogen) atoms. The first-order valence-electron chi connectivity index (χ1n) is 10.0. The maximum atomic E-state index is 12.1. The third-order valence-corrected chi connectivity index (χ3v) is 4.67. The second-order valence-corrected chi connectivity index (χ2v) is 7.30. The number of nitrogens with one attached hydrogen (secondary N) is 3. The highest BCUT2D eigenvalue weighted by atomic mass is 127. The molecule has 1 amide bonds. The van der Waals surface area contributed by atoms with E-state index in [1.54, 1.807) is 19.1 Å². The number of halogens is 1. The normalized spacial score (nSPS) is 14.2. The monoisotopic (exact) mass is 528 g/mol. The Morgan fingerprint density at radius 3 is 2.63 bits per heavy atom. The van der Waals surface area contributed by atoms with Crippen molar-refractivity contribution >= 4 is 41.5 Å². The predicted octanol–water partition coefficient (Wildman–Crippen LogP) is 3.85. The summed E-state index contributed by atoms with van der Waals surface area (Å²) in [5, 5.41) is 19.8. The maximum Gasteiger partial charge on any atom is 0.227 e. The molecule has 0 aliphatic rings. The first-order chi connectivity index (χ1) is 13.9. The SMILES string of the molecule is CCNC(=NCc1cccc(NC(=O)C(C)CC)c1)NCC(C)(O)c1ccco1.I. The molecule has 0 fully saturated rings. The third-order valence-electron chi connectivity index (χ3n) is 4.67. The van der Waals surface area contributed by atoms with E-state index >= 15 is 0 Å². The van der Waals surface area contributed by atoms with Gasteiger partial charge in [-0.3, -0.25) is 4.79 Å². The van der Waals surface area contributed by atoms with Crippen LogP contribution in [0.25, 0.3) is 0 Å². The van der Waals surface area contributed by atoms with E-state index in [1.165, 1.54) is 6.26 Å². The first-order valence-corrected chi connectivity index (χ1v) is 10.0. The van der Waals surface area contributed by atoms with Crippen LogP contribution in [-0.2, 0) is 16.9 Å². The molecule has 0 radical (unpaired) electrons. The van der Waals surface area contributed by atoms with Crippen molar-refractivity contribution in [2.75, 3.05) is 18.4 Å². The third kappa shape index (κ3) is 7.98. The highest BCUT2D eigenvalue weighted by molar-refractivity contribution is 14.0. The molecule has 2 atom stereocenters. The molecule has 0 bridgehead atoms. The number of rotatable bonds is 9. The number of guanidine groups is 1. The molecule has 1 aromatic heterocycles. The van der Waals surface area contributed by atoms with Crippen LogP contribution in [0.15, 0.2) is 52.1 Å². The number of amides is 1. The van der Waals surface area contributed by atoms with E-state index in [2.05, 4.69) is 20.9 Å². The van der Waals surface area contributed by atoms with Gasteiger partial charge in [-0.25, -0.2) is 4.99 Å². The number of carbonyl (C=O) groups excluding carboxylic acids is 1. The van der Waals surface area contributed by atoms with E-state index in [0.29, 0.717) is 24.8 Å². The van der Waals surface area contributed by atoms with Crippen LogP contribution in [0.4, 0.5) is 5.69 Å². The van der Waals surface area contributed by atoms with E-state index < -0.39 is 5.60 Å². The average molecular weight is 528 g/mol. The van der Waals surface area contributed by atoms with Crippen molar-refractivity contribution < 1.29 is 14.3 Å². The fourth-order valence-electron chi connectivity index (χ4n) is 2.64. The number of aliphatic imine (C=N–C) groups is 1. The summed E-state index contributed by atoms with van der Waals surface area (Å²) in [7, 11) is 0. The zero-order valence-electron chi connectivity index (χ0n) is 18.1. The fourth-order valence-corrected chi connectivity index (χ4v) is 2.64. The van der Waals surface area contributed by atoms with Gasteiger partial charge in [0.05, 0.1) is 19.4 Å². The highest BCUT2D eigenvalue weighted by Crippen LogP contribution is 2.19. The van der Waals surface area contributed by atoms with Crippen molar-refractivity contribution in [3.8, 4) is 0 Å². The van der Waals surface area contributed by atoms with Crippen molar-refractivity contribution in [1.29, 1.82) is 0 Å². The lowest BCUT2D eigenvalue weighted by Gasteiger charge is -2.22. The minimum Gasteiger partial charge on any atom is -0.466 e. The van der Waals surface area contributed by atoms with Gasteiger partial charge < -0.3 is 25.5 Å². The van der Waals surface area contributed by atoms with Gasteiger partial charge in [0.1, 0.15) is 11.4 Å². The smallest absolute Gasteiger partial charge is 0.227 e. The van der Waals surface area contributed by atoms with Crippen molar-refractivity contribution in [3.63, 3.8) is 0 Å². The topological polar surface area (TPSA) is 98.9 Å². The van der Waals surface area contributed by atoms with Crippen molar-refractivity contribution in [3.05, 3.63) is 54.0 Å². The van der Waals surface area contributed by atoms with Gasteiger partial charge in [0.2, 0.25) is 5.91 Å². The Morgan fingerprint density at radius 1 is 1.23 bits per heavy atom. The number of aliphatic hydroxyl groups is 1. The van der Waals surface area contributed by atoms with E-state index in [9.17, 15) is 9.90 Å². The molecule has 2 aromatic rings. The number of carbonyl (C=O) groups is 1. The van der Waals surface area contributed by atoms with Crippen LogP contribution in [0, 0.1) is 5.92 Å². The zero-order chi connectivity index (χ0) is 21.3. The van der Waals surface area contributed by atoms with Gasteiger partial charge in [-0.2, -0.15) is 0 Å². The summed E-state index contributed by atoms with van der Waals surface area (Å²) >= 11 is 0. The van der Waals surface area contributed by atoms with Gasteiger partial charge in [-0.1, -0.05) is 26.0 Å². The van der Waals surface area contributed by atoms with Gasteiger partial charge in [0.15, 0.2) is 5.96 Å². The van der Waals surface area contributed by atoms with Crippen LogP contribution >= 0.6 is 24.0 Å². The Bertz CT molecular complexity index is 806. The second-order valence-electron chi connectivity index (χ2n) is 7.30. The minimum absolute atomic E-state index is 0. The molecule has 4 N–H and O–H groups in total. The summed E-state index contributed by atoms with van der Waals surface area (Å²) in [6.45, 7) is 8.95. The van der Waals surface area contributed by atoms with Gasteiger partial charge in [0.25, 0.3) is 0 Å². The number of hydrogen-bond donors (Lipinski definition) is 4. The molecular formula is C22H33IN4O3. The number of benzene rings is 1. The number of hydrogen-bond acceptors (Lipinski definition) is 4. The lowest BCUT2D eigenvalue weighted by Crippen LogP contribution is -2.44. The standard InChI is InChI=1S/C22H32N4O3.HI/c1-5-16(3)20(27)26-18-10-7-9-17(13-18)14-24-21(23-6-2)25-15-22(4,28)19-11-8-12-29-19;/h7-13,16,28H,5-6,14-15H2,1-4H3,(H,26,27)(H2,23,24,25);1H. The molecular weight excluding hydrogens is 495 g/mol. The molecule has 0 saturated carbocycles. The van der Waals surface area contributed by atoms with Crippen molar-refractivity contribution in [1.82, 2.24) is 10.6 Å². The molecule has 166 valence electrons. The Balaban J connectivity index is 0.00000450. The van der Waals surface area contributed by atoms with E-state index in [1.807, 2.05) is 45.0 Å². The highest BCUT2D eigenvalue weighted by Gasteiger charge is 2.26. The number of anilines is 1.